The Labute approximate surface area is 292 Å². The van der Waals surface area contributed by atoms with Gasteiger partial charge in [-0.3, -0.25) is 0 Å². The zero-order valence-electron chi connectivity index (χ0n) is 29.5. The summed E-state index contributed by atoms with van der Waals surface area (Å²) in [5.41, 5.74) is 5.16. The minimum Gasteiger partial charge on any atom is -0.411 e. The highest BCUT2D eigenvalue weighted by atomic mass is 28.4. The summed E-state index contributed by atoms with van der Waals surface area (Å²) >= 11 is 0. The first-order chi connectivity index (χ1) is 23.7. The Hall–Kier alpha value is -4.32. The van der Waals surface area contributed by atoms with Gasteiger partial charge in [0.15, 0.2) is 19.8 Å². The fourth-order valence-corrected chi connectivity index (χ4v) is 6.77. The third-order valence-corrected chi connectivity index (χ3v) is 14.4. The number of aromatic nitrogens is 3. The van der Waals surface area contributed by atoms with Crippen molar-refractivity contribution in [2.75, 3.05) is 31.2 Å². The van der Waals surface area contributed by atoms with Gasteiger partial charge in [0.05, 0.1) is 42.5 Å². The second-order valence-electron chi connectivity index (χ2n) is 14.2. The van der Waals surface area contributed by atoms with E-state index in [0.717, 1.165) is 22.9 Å². The lowest BCUT2D eigenvalue weighted by atomic mass is 9.98. The third kappa shape index (κ3) is 7.55. The fourth-order valence-electron chi connectivity index (χ4n) is 5.84. The summed E-state index contributed by atoms with van der Waals surface area (Å²) in [5, 5.41) is 5.06. The SMILES string of the molecule is Cc1c(Cc2c(CO[Si](C)(C)C(C)(C)C)nc3c(N=C(c4ccccc4)c4ccccc4)cc(N4CCOCC4)nn23)cccc1C(F)(F)F. The van der Waals surface area contributed by atoms with Gasteiger partial charge in [-0.25, -0.2) is 14.5 Å². The van der Waals surface area contributed by atoms with Crippen molar-refractivity contribution in [3.05, 3.63) is 124 Å². The highest BCUT2D eigenvalue weighted by Crippen LogP contribution is 2.38. The van der Waals surface area contributed by atoms with Crippen LogP contribution in [0.4, 0.5) is 24.7 Å². The average Bonchev–Trinajstić information content (AvgIpc) is 3.44. The van der Waals surface area contributed by atoms with Gasteiger partial charge in [0.2, 0.25) is 0 Å². The average molecular weight is 700 g/mol. The van der Waals surface area contributed by atoms with Crippen LogP contribution in [0.15, 0.2) is 89.9 Å². The quantitative estimate of drug-likeness (QED) is 0.113. The van der Waals surface area contributed by atoms with Crippen molar-refractivity contribution in [3.63, 3.8) is 0 Å². The van der Waals surface area contributed by atoms with Crippen molar-refractivity contribution in [2.45, 2.75) is 65.0 Å². The number of rotatable bonds is 9. The van der Waals surface area contributed by atoms with Crippen LogP contribution in [0.25, 0.3) is 5.65 Å². The molecule has 0 radical (unpaired) electrons. The van der Waals surface area contributed by atoms with Crippen LogP contribution in [0.2, 0.25) is 18.1 Å². The van der Waals surface area contributed by atoms with E-state index in [-0.39, 0.29) is 23.6 Å². The zero-order chi connectivity index (χ0) is 35.7. The lowest BCUT2D eigenvalue weighted by Crippen LogP contribution is -2.40. The molecule has 50 heavy (non-hydrogen) atoms. The van der Waals surface area contributed by atoms with Crippen molar-refractivity contribution in [3.8, 4) is 0 Å². The van der Waals surface area contributed by atoms with Crippen molar-refractivity contribution in [1.82, 2.24) is 14.6 Å². The molecule has 2 aromatic heterocycles. The maximum absolute atomic E-state index is 14.0. The summed E-state index contributed by atoms with van der Waals surface area (Å²) in [6.07, 6.45) is -4.29. The molecule has 0 atom stereocenters. The summed E-state index contributed by atoms with van der Waals surface area (Å²) in [7, 11) is -2.23. The smallest absolute Gasteiger partial charge is 0.411 e. The van der Waals surface area contributed by atoms with Gasteiger partial charge in [-0.05, 0) is 42.2 Å². The third-order valence-electron chi connectivity index (χ3n) is 9.87. The van der Waals surface area contributed by atoms with E-state index in [4.69, 9.17) is 24.2 Å². The van der Waals surface area contributed by atoms with E-state index in [1.165, 1.54) is 13.0 Å². The van der Waals surface area contributed by atoms with E-state index >= 15 is 0 Å². The number of hydrogen-bond acceptors (Lipinski definition) is 6. The first-order valence-corrected chi connectivity index (χ1v) is 19.9. The van der Waals surface area contributed by atoms with Crippen LogP contribution in [-0.4, -0.2) is 54.9 Å². The van der Waals surface area contributed by atoms with Gasteiger partial charge in [0.25, 0.3) is 0 Å². The fraction of sp³-hybridized carbons (Fsp3) is 0.359. The van der Waals surface area contributed by atoms with Crippen LogP contribution in [0.5, 0.6) is 0 Å². The number of ether oxygens (including phenoxy) is 1. The maximum Gasteiger partial charge on any atom is 0.416 e. The molecule has 0 unspecified atom stereocenters. The Bertz CT molecular complexity index is 1940. The minimum atomic E-state index is -4.47. The van der Waals surface area contributed by atoms with Crippen LogP contribution >= 0.6 is 0 Å². The molecule has 3 heterocycles. The number of hydrogen-bond donors (Lipinski definition) is 0. The van der Waals surface area contributed by atoms with Crippen molar-refractivity contribution < 1.29 is 22.3 Å². The second-order valence-corrected chi connectivity index (χ2v) is 19.0. The van der Waals surface area contributed by atoms with Crippen LogP contribution in [0, 0.1) is 6.92 Å². The molecule has 1 aliphatic rings. The highest BCUT2D eigenvalue weighted by molar-refractivity contribution is 6.74. The van der Waals surface area contributed by atoms with Crippen molar-refractivity contribution in [1.29, 1.82) is 0 Å². The second kappa shape index (κ2) is 14.1. The molecule has 1 saturated heterocycles. The number of morpholine rings is 1. The van der Waals surface area contributed by atoms with E-state index in [1.54, 1.807) is 10.6 Å². The standard InChI is InChI=1S/C39H44F3N5O2Si/c1-27-30(18-13-19-31(27)39(40,41)42)24-34-33(26-49-50(5,6)38(2,3)4)44-37-32(25-35(45-47(34)37)46-20-22-48-23-21-46)43-36(28-14-9-7-10-15-28)29-16-11-8-12-17-29/h7-19,25H,20-24,26H2,1-6H3. The van der Waals surface area contributed by atoms with Crippen LogP contribution in [-0.2, 0) is 28.4 Å². The number of anilines is 1. The number of benzene rings is 3. The van der Waals surface area contributed by atoms with Crippen LogP contribution < -0.4 is 4.90 Å². The molecule has 1 fully saturated rings. The normalized spacial score (nSPS) is 14.3. The summed E-state index contributed by atoms with van der Waals surface area (Å²) < 4.78 is 56.2. The molecular weight excluding hydrogens is 656 g/mol. The predicted octanol–water partition coefficient (Wildman–Crippen LogP) is 9.17. The number of alkyl halides is 3. The molecular formula is C39H44F3N5O2Si. The number of halogens is 3. The van der Waals surface area contributed by atoms with Gasteiger partial charge < -0.3 is 14.1 Å². The molecule has 6 rings (SSSR count). The first-order valence-electron chi connectivity index (χ1n) is 17.0. The maximum atomic E-state index is 14.0. The summed E-state index contributed by atoms with van der Waals surface area (Å²) in [5.74, 6) is 0.691. The molecule has 0 N–H and O–H groups in total. The van der Waals surface area contributed by atoms with Gasteiger partial charge in [-0.1, -0.05) is 93.6 Å². The van der Waals surface area contributed by atoms with E-state index in [9.17, 15) is 13.2 Å². The van der Waals surface area contributed by atoms with E-state index in [1.807, 2.05) is 66.7 Å². The van der Waals surface area contributed by atoms with Gasteiger partial charge in [-0.2, -0.15) is 13.2 Å². The van der Waals surface area contributed by atoms with Gasteiger partial charge in [-0.15, -0.1) is 5.10 Å². The predicted molar refractivity (Wildman–Crippen MR) is 195 cm³/mol. The molecule has 262 valence electrons. The monoisotopic (exact) mass is 699 g/mol. The van der Waals surface area contributed by atoms with E-state index < -0.39 is 20.1 Å². The molecule has 1 aliphatic heterocycles. The minimum absolute atomic E-state index is 0.0541. The van der Waals surface area contributed by atoms with Crippen LogP contribution in [0.1, 0.15) is 60.0 Å². The molecule has 11 heteroatoms. The molecule has 0 spiro atoms. The van der Waals surface area contributed by atoms with E-state index in [2.05, 4.69) is 38.8 Å². The topological polar surface area (TPSA) is 64.2 Å². The Morgan fingerprint density at radius 2 is 1.52 bits per heavy atom. The Morgan fingerprint density at radius 1 is 0.900 bits per heavy atom. The largest absolute Gasteiger partial charge is 0.416 e. The van der Waals surface area contributed by atoms with Gasteiger partial charge >= 0.3 is 6.18 Å². The van der Waals surface area contributed by atoms with E-state index in [0.29, 0.717) is 60.4 Å². The highest BCUT2D eigenvalue weighted by Gasteiger charge is 2.38. The molecule has 3 aromatic carbocycles. The number of imidazole rings is 1. The summed E-state index contributed by atoms with van der Waals surface area (Å²) in [6, 6.07) is 26.3. The van der Waals surface area contributed by atoms with Crippen LogP contribution in [0.3, 0.4) is 0 Å². The molecule has 0 saturated carbocycles. The molecule has 5 aromatic rings. The number of nitrogens with zero attached hydrogens (tertiary/aromatic N) is 5. The molecule has 0 bridgehead atoms. The Balaban J connectivity index is 1.60. The first kappa shape index (κ1) is 35.5. The van der Waals surface area contributed by atoms with Gasteiger partial charge in [0.1, 0.15) is 5.69 Å². The summed E-state index contributed by atoms with van der Waals surface area (Å²) in [4.78, 5) is 12.6. The molecule has 7 nitrogen and oxygen atoms in total. The molecule has 0 aliphatic carbocycles. The molecule has 0 amide bonds. The van der Waals surface area contributed by atoms with Crippen molar-refractivity contribution >= 4 is 31.2 Å². The zero-order valence-corrected chi connectivity index (χ0v) is 30.5. The lowest BCUT2D eigenvalue weighted by Gasteiger charge is -2.36. The Kier molecular flexibility index (Phi) is 10.0. The summed E-state index contributed by atoms with van der Waals surface area (Å²) in [6.45, 7) is 15.0. The van der Waals surface area contributed by atoms with Gasteiger partial charge in [0, 0.05) is 36.7 Å². The number of aliphatic imine (C=N–C) groups is 1. The lowest BCUT2D eigenvalue weighted by molar-refractivity contribution is -0.138. The number of fused-ring (bicyclic) bond motifs is 1. The Morgan fingerprint density at radius 3 is 2.10 bits per heavy atom. The van der Waals surface area contributed by atoms with Crippen molar-refractivity contribution in [2.24, 2.45) is 4.99 Å².